The Labute approximate surface area is 113 Å². The molecule has 19 heavy (non-hydrogen) atoms. The minimum absolute atomic E-state index is 0.150. The zero-order valence-electron chi connectivity index (χ0n) is 11.6. The van der Waals surface area contributed by atoms with E-state index in [0.29, 0.717) is 12.4 Å². The van der Waals surface area contributed by atoms with Crippen LogP contribution in [0.1, 0.15) is 27.2 Å². The number of aliphatic imine (C=N–C) groups is 2. The molecule has 1 aliphatic rings. The lowest BCUT2D eigenvalue weighted by molar-refractivity contribution is -0.120. The largest absolute Gasteiger partial charge is 0.464 e. The molecule has 1 aliphatic heterocycles. The average Bonchev–Trinajstić information content (AvgIpc) is 2.35. The first-order valence-electron chi connectivity index (χ1n) is 6.33. The van der Waals surface area contributed by atoms with Crippen LogP contribution in [0.3, 0.4) is 0 Å². The van der Waals surface area contributed by atoms with Gasteiger partial charge in [-0.05, 0) is 20.3 Å². The van der Waals surface area contributed by atoms with Crippen molar-refractivity contribution in [2.24, 2.45) is 15.7 Å². The van der Waals surface area contributed by atoms with Crippen LogP contribution in [0.4, 0.5) is 0 Å². The number of ether oxygens (including phenoxy) is 1. The van der Waals surface area contributed by atoms with Gasteiger partial charge in [0.2, 0.25) is 5.91 Å². The molecule has 0 spiro atoms. The van der Waals surface area contributed by atoms with Gasteiger partial charge in [0.05, 0.1) is 13.2 Å². The highest BCUT2D eigenvalue weighted by molar-refractivity contribution is 5.94. The monoisotopic (exact) mass is 267 g/mol. The van der Waals surface area contributed by atoms with Crippen molar-refractivity contribution in [1.29, 1.82) is 0 Å². The van der Waals surface area contributed by atoms with E-state index >= 15 is 0 Å². The van der Waals surface area contributed by atoms with Gasteiger partial charge in [-0.2, -0.15) is 9.98 Å². The average molecular weight is 267 g/mol. The molecule has 3 N–H and O–H groups in total. The Hall–Kier alpha value is -2.05. The number of amidine groups is 2. The molecular weight excluding hydrogens is 246 g/mol. The van der Waals surface area contributed by atoms with Crippen molar-refractivity contribution in [3.63, 3.8) is 0 Å². The highest BCUT2D eigenvalue weighted by atomic mass is 16.5. The molecular formula is C12H21N5O2. The molecule has 106 valence electrons. The summed E-state index contributed by atoms with van der Waals surface area (Å²) in [4.78, 5) is 21.9. The first kappa shape index (κ1) is 15.0. The Morgan fingerprint density at radius 1 is 1.47 bits per heavy atom. The number of nitrogens with two attached hydrogens (primary N) is 1. The molecule has 0 aromatic carbocycles. The first-order valence-corrected chi connectivity index (χ1v) is 6.33. The van der Waals surface area contributed by atoms with E-state index in [1.54, 1.807) is 0 Å². The van der Waals surface area contributed by atoms with Crippen LogP contribution in [0, 0.1) is 0 Å². The molecule has 1 amide bonds. The number of carbonyl (C=O) groups is 1. The van der Waals surface area contributed by atoms with Crippen LogP contribution in [-0.2, 0) is 9.53 Å². The van der Waals surface area contributed by atoms with E-state index in [0.717, 1.165) is 13.0 Å². The normalized spacial score (nSPS) is 25.3. The van der Waals surface area contributed by atoms with E-state index in [-0.39, 0.29) is 24.3 Å². The second kappa shape index (κ2) is 7.40. The van der Waals surface area contributed by atoms with Crippen molar-refractivity contribution in [2.45, 2.75) is 27.2 Å². The van der Waals surface area contributed by atoms with Gasteiger partial charge in [0, 0.05) is 12.7 Å². The van der Waals surface area contributed by atoms with Gasteiger partial charge >= 0.3 is 6.02 Å². The zero-order chi connectivity index (χ0) is 14.3. The van der Waals surface area contributed by atoms with Crippen LogP contribution in [-0.4, -0.2) is 42.4 Å². The molecule has 7 heteroatoms. The minimum atomic E-state index is -0.152. The maximum Gasteiger partial charge on any atom is 0.320 e. The number of nitrogens with one attached hydrogen (secondary N) is 1. The Bertz CT molecular complexity index is 414. The highest BCUT2D eigenvalue weighted by Crippen LogP contribution is 2.00. The lowest BCUT2D eigenvalue weighted by Gasteiger charge is -2.23. The van der Waals surface area contributed by atoms with Crippen molar-refractivity contribution in [3.8, 4) is 0 Å². The molecule has 0 aromatic rings. The molecule has 0 aliphatic carbocycles. The lowest BCUT2D eigenvalue weighted by Crippen LogP contribution is -2.39. The van der Waals surface area contributed by atoms with Gasteiger partial charge in [0.25, 0.3) is 0 Å². The van der Waals surface area contributed by atoms with E-state index in [1.165, 1.54) is 6.20 Å². The smallest absolute Gasteiger partial charge is 0.320 e. The van der Waals surface area contributed by atoms with Crippen LogP contribution >= 0.6 is 0 Å². The summed E-state index contributed by atoms with van der Waals surface area (Å²) in [5.74, 6) is 0.678. The lowest BCUT2D eigenvalue weighted by atomic mass is 10.3. The molecule has 0 aromatic heterocycles. The van der Waals surface area contributed by atoms with Gasteiger partial charge in [0.15, 0.2) is 0 Å². The summed E-state index contributed by atoms with van der Waals surface area (Å²) >= 11 is 0. The van der Waals surface area contributed by atoms with E-state index in [4.69, 9.17) is 10.5 Å². The van der Waals surface area contributed by atoms with Crippen molar-refractivity contribution < 1.29 is 9.53 Å². The van der Waals surface area contributed by atoms with Gasteiger partial charge in [-0.25, -0.2) is 0 Å². The SMILES string of the molecule is CCCN1CC(=O)N/C=C(N)/N=C(OCC)\N=C\1C. The van der Waals surface area contributed by atoms with Crippen LogP contribution in [0.25, 0.3) is 0 Å². The molecule has 0 saturated carbocycles. The third kappa shape index (κ3) is 4.99. The summed E-state index contributed by atoms with van der Waals surface area (Å²) in [5.41, 5.74) is 5.64. The number of nitrogens with zero attached hydrogens (tertiary/aromatic N) is 3. The summed E-state index contributed by atoms with van der Waals surface area (Å²) in [6.07, 6.45) is 2.26. The fraction of sp³-hybridized carbons (Fsp3) is 0.583. The van der Waals surface area contributed by atoms with Crippen molar-refractivity contribution >= 4 is 17.8 Å². The summed E-state index contributed by atoms with van der Waals surface area (Å²) in [7, 11) is 0. The van der Waals surface area contributed by atoms with Crippen LogP contribution in [0.5, 0.6) is 0 Å². The predicted octanol–water partition coefficient (Wildman–Crippen LogP) is 0.397. The molecule has 0 fully saturated rings. The molecule has 0 unspecified atom stereocenters. The first-order chi connectivity index (χ1) is 9.06. The van der Waals surface area contributed by atoms with E-state index in [2.05, 4.69) is 15.3 Å². The number of rotatable bonds is 3. The Morgan fingerprint density at radius 3 is 2.84 bits per heavy atom. The predicted molar refractivity (Wildman–Crippen MR) is 74.4 cm³/mol. The molecule has 7 nitrogen and oxygen atoms in total. The fourth-order valence-electron chi connectivity index (χ4n) is 1.57. The molecule has 0 radical (unpaired) electrons. The quantitative estimate of drug-likeness (QED) is 0.774. The minimum Gasteiger partial charge on any atom is -0.464 e. The topological polar surface area (TPSA) is 92.3 Å². The van der Waals surface area contributed by atoms with Crippen LogP contribution in [0.2, 0.25) is 0 Å². The number of hydrogen-bond acceptors (Lipinski definition) is 6. The molecule has 0 bridgehead atoms. The molecule has 0 saturated heterocycles. The summed E-state index contributed by atoms with van der Waals surface area (Å²) < 4.78 is 5.31. The van der Waals surface area contributed by atoms with Gasteiger partial charge in [-0.15, -0.1) is 0 Å². The summed E-state index contributed by atoms with van der Waals surface area (Å²) in [5, 5.41) is 2.59. The van der Waals surface area contributed by atoms with Crippen molar-refractivity contribution in [1.82, 2.24) is 10.2 Å². The summed E-state index contributed by atoms with van der Waals surface area (Å²) in [6.45, 7) is 7.12. The zero-order valence-corrected chi connectivity index (χ0v) is 11.6. The van der Waals surface area contributed by atoms with Gasteiger partial charge < -0.3 is 20.7 Å². The van der Waals surface area contributed by atoms with Crippen molar-refractivity contribution in [2.75, 3.05) is 19.7 Å². The van der Waals surface area contributed by atoms with E-state index in [9.17, 15) is 4.79 Å². The van der Waals surface area contributed by atoms with Gasteiger partial charge in [-0.3, -0.25) is 4.79 Å². The molecule has 1 rings (SSSR count). The van der Waals surface area contributed by atoms with Gasteiger partial charge in [0.1, 0.15) is 11.7 Å². The highest BCUT2D eigenvalue weighted by Gasteiger charge is 2.13. The molecule has 1 heterocycles. The third-order valence-corrected chi connectivity index (χ3v) is 2.42. The maximum atomic E-state index is 11.7. The van der Waals surface area contributed by atoms with E-state index in [1.807, 2.05) is 25.7 Å². The Morgan fingerprint density at radius 2 is 2.21 bits per heavy atom. The van der Waals surface area contributed by atoms with Crippen LogP contribution in [0.15, 0.2) is 22.0 Å². The maximum absolute atomic E-state index is 11.7. The third-order valence-electron chi connectivity index (χ3n) is 2.42. The van der Waals surface area contributed by atoms with Crippen LogP contribution < -0.4 is 11.1 Å². The second-order valence-corrected chi connectivity index (χ2v) is 4.04. The summed E-state index contributed by atoms with van der Waals surface area (Å²) in [6, 6.07) is 0.200. The molecule has 0 atom stereocenters. The number of hydrogen-bond donors (Lipinski definition) is 2. The Kier molecular flexibility index (Phi) is 5.84. The fourth-order valence-corrected chi connectivity index (χ4v) is 1.57. The second-order valence-electron chi connectivity index (χ2n) is 4.04. The van der Waals surface area contributed by atoms with Crippen molar-refractivity contribution in [3.05, 3.63) is 12.0 Å². The Balaban J connectivity index is 3.06. The van der Waals surface area contributed by atoms with E-state index < -0.39 is 0 Å². The number of amides is 1. The van der Waals surface area contributed by atoms with Gasteiger partial charge in [-0.1, -0.05) is 6.92 Å². The number of carbonyl (C=O) groups excluding carboxylic acids is 1. The standard InChI is InChI=1S/C12H21N5O2/c1-4-6-17-8-11(18)14-7-10(13)16-12(19-5-2)15-9(17)3/h7H,4-6,8,13H2,1-3H3,(H,14,18)/b10-7+,15-9+,16-12+.